The Morgan fingerprint density at radius 1 is 0.700 bits per heavy atom. The van der Waals surface area contributed by atoms with E-state index in [-0.39, 0.29) is 0 Å². The predicted molar refractivity (Wildman–Crippen MR) is 89.2 cm³/mol. The van der Waals surface area contributed by atoms with Gasteiger partial charge in [-0.1, -0.05) is 83.8 Å². The zero-order chi connectivity index (χ0) is 14.5. The monoisotopic (exact) mass is 280 g/mol. The minimum atomic E-state index is 0.553. The number of rotatable bonds is 14. The molecule has 1 heterocycles. The second kappa shape index (κ2) is 12.4. The Morgan fingerprint density at radius 2 is 1.35 bits per heavy atom. The van der Waals surface area contributed by atoms with Crippen molar-refractivity contribution < 1.29 is 4.74 Å². The summed E-state index contributed by atoms with van der Waals surface area (Å²) in [5.41, 5.74) is 0. The van der Waals surface area contributed by atoms with Crippen molar-refractivity contribution in [1.82, 2.24) is 0 Å². The number of epoxide rings is 1. The Kier molecular flexibility index (Phi) is 11.0. The fraction of sp³-hybridized carbons (Fsp3) is 0.895. The largest absolute Gasteiger partial charge is 0.369 e. The minimum absolute atomic E-state index is 0.553. The van der Waals surface area contributed by atoms with Crippen molar-refractivity contribution in [3.8, 4) is 0 Å². The lowest BCUT2D eigenvalue weighted by molar-refractivity contribution is 0.359. The Hall–Kier alpha value is -0.300. The minimum Gasteiger partial charge on any atom is -0.369 e. The molecule has 0 saturated carbocycles. The molecule has 2 atom stereocenters. The van der Waals surface area contributed by atoms with E-state index in [1.807, 2.05) is 0 Å². The first-order valence-electron chi connectivity index (χ1n) is 9.19. The van der Waals surface area contributed by atoms with Crippen LogP contribution in [0.2, 0.25) is 0 Å². The summed E-state index contributed by atoms with van der Waals surface area (Å²) in [6.45, 7) is 4.54. The molecular weight excluding hydrogens is 244 g/mol. The van der Waals surface area contributed by atoms with E-state index in [9.17, 15) is 0 Å². The zero-order valence-corrected chi connectivity index (χ0v) is 13.9. The molecule has 0 amide bonds. The van der Waals surface area contributed by atoms with Crippen LogP contribution in [0.25, 0.3) is 0 Å². The van der Waals surface area contributed by atoms with Crippen molar-refractivity contribution in [2.24, 2.45) is 0 Å². The van der Waals surface area contributed by atoms with Crippen molar-refractivity contribution in [2.45, 2.75) is 110 Å². The maximum Gasteiger partial charge on any atom is 0.0876 e. The van der Waals surface area contributed by atoms with Gasteiger partial charge in [0, 0.05) is 0 Å². The summed E-state index contributed by atoms with van der Waals surface area (Å²) < 4.78 is 5.69. The number of ether oxygens (including phenoxy) is 1. The van der Waals surface area contributed by atoms with Crippen LogP contribution in [0.4, 0.5) is 0 Å². The van der Waals surface area contributed by atoms with Gasteiger partial charge in [-0.2, -0.15) is 0 Å². The highest BCUT2D eigenvalue weighted by atomic mass is 16.6. The van der Waals surface area contributed by atoms with Gasteiger partial charge < -0.3 is 4.74 Å². The molecular formula is C19H36O. The van der Waals surface area contributed by atoms with Crippen molar-refractivity contribution in [3.05, 3.63) is 12.2 Å². The predicted octanol–water partition coefficient (Wildman–Crippen LogP) is 6.42. The van der Waals surface area contributed by atoms with Crippen LogP contribution in [0.3, 0.4) is 0 Å². The maximum atomic E-state index is 5.69. The first-order valence-corrected chi connectivity index (χ1v) is 9.19. The van der Waals surface area contributed by atoms with Gasteiger partial charge in [0.2, 0.25) is 0 Å². The van der Waals surface area contributed by atoms with Crippen LogP contribution in [0.1, 0.15) is 97.3 Å². The molecule has 0 spiro atoms. The van der Waals surface area contributed by atoms with E-state index in [0.717, 1.165) is 6.42 Å². The fourth-order valence-electron chi connectivity index (χ4n) is 2.80. The molecule has 118 valence electrons. The van der Waals surface area contributed by atoms with Gasteiger partial charge in [0.05, 0.1) is 12.2 Å². The van der Waals surface area contributed by atoms with Gasteiger partial charge in [-0.3, -0.25) is 0 Å². The van der Waals surface area contributed by atoms with Crippen LogP contribution in [-0.2, 0) is 4.74 Å². The summed E-state index contributed by atoms with van der Waals surface area (Å²) in [4.78, 5) is 0. The van der Waals surface area contributed by atoms with Gasteiger partial charge in [0.1, 0.15) is 0 Å². The third-order valence-electron chi connectivity index (χ3n) is 4.29. The molecule has 1 saturated heterocycles. The van der Waals surface area contributed by atoms with E-state index in [1.54, 1.807) is 0 Å². The van der Waals surface area contributed by atoms with Crippen LogP contribution >= 0.6 is 0 Å². The summed E-state index contributed by atoms with van der Waals surface area (Å²) in [6, 6.07) is 0. The van der Waals surface area contributed by atoms with Crippen LogP contribution in [-0.4, -0.2) is 12.2 Å². The quantitative estimate of drug-likeness (QED) is 0.203. The molecule has 0 bridgehead atoms. The normalized spacial score (nSPS) is 21.7. The van der Waals surface area contributed by atoms with Gasteiger partial charge in [0.25, 0.3) is 0 Å². The van der Waals surface area contributed by atoms with E-state index >= 15 is 0 Å². The highest BCUT2D eigenvalue weighted by Gasteiger charge is 2.36. The standard InChI is InChI=1S/C19H36O/c1-3-5-7-8-9-10-11-12-13-15-17-19-18(20-19)16-14-6-4-2/h13,15,18-19H,3-12,14,16-17H2,1-2H3/b15-13-. The van der Waals surface area contributed by atoms with Gasteiger partial charge in [-0.25, -0.2) is 0 Å². The average molecular weight is 280 g/mol. The molecule has 1 fully saturated rings. The van der Waals surface area contributed by atoms with Crippen molar-refractivity contribution in [3.63, 3.8) is 0 Å². The smallest absolute Gasteiger partial charge is 0.0876 e. The first kappa shape index (κ1) is 17.8. The van der Waals surface area contributed by atoms with Gasteiger partial charge in [-0.15, -0.1) is 0 Å². The topological polar surface area (TPSA) is 12.5 Å². The average Bonchev–Trinajstić information content (AvgIpc) is 3.20. The molecule has 0 aliphatic carbocycles. The van der Waals surface area contributed by atoms with E-state index in [4.69, 9.17) is 4.74 Å². The van der Waals surface area contributed by atoms with Gasteiger partial charge in [0.15, 0.2) is 0 Å². The third kappa shape index (κ3) is 9.58. The summed E-state index contributed by atoms with van der Waals surface area (Å²) in [5.74, 6) is 0. The number of unbranched alkanes of at least 4 members (excludes halogenated alkanes) is 9. The number of hydrogen-bond donors (Lipinski definition) is 0. The zero-order valence-electron chi connectivity index (χ0n) is 13.9. The Morgan fingerprint density at radius 3 is 2.10 bits per heavy atom. The molecule has 1 rings (SSSR count). The van der Waals surface area contributed by atoms with Crippen molar-refractivity contribution in [1.29, 1.82) is 0 Å². The SMILES string of the molecule is CCCCCCCCC/C=C\CC1OC1CCCCC. The molecule has 1 aliphatic heterocycles. The summed E-state index contributed by atoms with van der Waals surface area (Å²) in [7, 11) is 0. The third-order valence-corrected chi connectivity index (χ3v) is 4.29. The van der Waals surface area contributed by atoms with E-state index in [0.29, 0.717) is 12.2 Å². The van der Waals surface area contributed by atoms with Crippen LogP contribution in [0.15, 0.2) is 12.2 Å². The van der Waals surface area contributed by atoms with Crippen LogP contribution in [0.5, 0.6) is 0 Å². The molecule has 0 aromatic carbocycles. The highest BCUT2D eigenvalue weighted by molar-refractivity contribution is 4.93. The first-order chi connectivity index (χ1) is 9.88. The summed E-state index contributed by atoms with van der Waals surface area (Å²) >= 11 is 0. The lowest BCUT2D eigenvalue weighted by Crippen LogP contribution is -1.92. The summed E-state index contributed by atoms with van der Waals surface area (Å²) in [6.07, 6.45) is 23.4. The highest BCUT2D eigenvalue weighted by Crippen LogP contribution is 2.30. The Balaban J connectivity index is 1.79. The molecule has 0 radical (unpaired) electrons. The molecule has 1 nitrogen and oxygen atoms in total. The van der Waals surface area contributed by atoms with E-state index in [2.05, 4.69) is 26.0 Å². The molecule has 0 N–H and O–H groups in total. The molecule has 0 aromatic rings. The Labute approximate surface area is 127 Å². The lowest BCUT2D eigenvalue weighted by atomic mass is 10.1. The van der Waals surface area contributed by atoms with Crippen LogP contribution in [0, 0.1) is 0 Å². The fourth-order valence-corrected chi connectivity index (χ4v) is 2.80. The van der Waals surface area contributed by atoms with Gasteiger partial charge >= 0.3 is 0 Å². The number of hydrogen-bond acceptors (Lipinski definition) is 1. The molecule has 1 heteroatoms. The second-order valence-corrected chi connectivity index (χ2v) is 6.33. The molecule has 1 aliphatic rings. The second-order valence-electron chi connectivity index (χ2n) is 6.33. The van der Waals surface area contributed by atoms with Crippen molar-refractivity contribution >= 4 is 0 Å². The van der Waals surface area contributed by atoms with Crippen molar-refractivity contribution in [2.75, 3.05) is 0 Å². The van der Waals surface area contributed by atoms with Gasteiger partial charge in [-0.05, 0) is 25.7 Å². The number of allylic oxidation sites excluding steroid dienone is 1. The Bertz CT molecular complexity index is 234. The maximum absolute atomic E-state index is 5.69. The molecule has 2 unspecified atom stereocenters. The molecule has 0 aromatic heterocycles. The van der Waals surface area contributed by atoms with E-state index < -0.39 is 0 Å². The van der Waals surface area contributed by atoms with Crippen LogP contribution < -0.4 is 0 Å². The lowest BCUT2D eigenvalue weighted by Gasteiger charge is -1.98. The summed E-state index contributed by atoms with van der Waals surface area (Å²) in [5, 5.41) is 0. The van der Waals surface area contributed by atoms with E-state index in [1.165, 1.54) is 77.0 Å². The molecule has 20 heavy (non-hydrogen) atoms.